The third-order valence-corrected chi connectivity index (χ3v) is 14.4. The van der Waals surface area contributed by atoms with Gasteiger partial charge < -0.3 is 40.1 Å². The smallest absolute Gasteiger partial charge is 0.410 e. The van der Waals surface area contributed by atoms with Crippen LogP contribution in [0, 0.1) is 22.5 Å². The fourth-order valence-electron chi connectivity index (χ4n) is 10.0. The predicted molar refractivity (Wildman–Crippen MR) is 288 cm³/mol. The first-order chi connectivity index (χ1) is 37.3. The number of rotatable bonds is 12. The maximum absolute atomic E-state index is 15.1. The van der Waals surface area contributed by atoms with Crippen LogP contribution in [-0.2, 0) is 27.4 Å². The van der Waals surface area contributed by atoms with Crippen LogP contribution in [0.2, 0.25) is 0 Å². The van der Waals surface area contributed by atoms with Gasteiger partial charge in [0.25, 0.3) is 5.91 Å². The summed E-state index contributed by atoms with van der Waals surface area (Å²) in [5.41, 5.74) is 6.05. The zero-order valence-corrected chi connectivity index (χ0v) is 45.6. The molecular weight excluding hydrogens is 1030 g/mol. The second kappa shape index (κ2) is 24.6. The first-order valence-corrected chi connectivity index (χ1v) is 26.4. The molecule has 4 aliphatic rings. The second-order valence-corrected chi connectivity index (χ2v) is 22.7. The van der Waals surface area contributed by atoms with Gasteiger partial charge in [-0.25, -0.2) is 28.0 Å². The molecule has 0 bridgehead atoms. The zero-order valence-electron chi connectivity index (χ0n) is 45.6. The quantitative estimate of drug-likeness (QED) is 0.102. The molecule has 4 aliphatic heterocycles. The van der Waals surface area contributed by atoms with Gasteiger partial charge in [0.2, 0.25) is 0 Å². The number of likely N-dealkylation sites (tertiary alicyclic amines) is 4. The highest BCUT2D eigenvalue weighted by Crippen LogP contribution is 2.43. The number of anilines is 2. The van der Waals surface area contributed by atoms with Crippen molar-refractivity contribution < 1.29 is 60.6 Å². The van der Waals surface area contributed by atoms with E-state index in [4.69, 9.17) is 15.2 Å². The molecule has 21 heteroatoms. The topological polar surface area (TPSA) is 195 Å². The second-order valence-electron chi connectivity index (χ2n) is 22.7. The molecule has 2 spiro atoms. The molecule has 4 fully saturated rings. The first-order valence-electron chi connectivity index (χ1n) is 26.4. The summed E-state index contributed by atoms with van der Waals surface area (Å²) in [7, 11) is 0. The molecule has 8 rings (SSSR count). The summed E-state index contributed by atoms with van der Waals surface area (Å²) in [6.07, 6.45) is -0.898. The van der Waals surface area contributed by atoms with E-state index >= 15 is 4.39 Å². The Morgan fingerprint density at radius 2 is 0.937 bits per heavy atom. The van der Waals surface area contributed by atoms with Crippen LogP contribution in [0.3, 0.4) is 0 Å². The van der Waals surface area contributed by atoms with E-state index in [0.29, 0.717) is 82.1 Å². The van der Waals surface area contributed by atoms with Crippen molar-refractivity contribution in [1.82, 2.24) is 24.9 Å². The number of nitrogens with zero attached hydrogens (tertiary/aromatic N) is 6. The van der Waals surface area contributed by atoms with Crippen molar-refractivity contribution in [3.8, 4) is 0 Å². The van der Waals surface area contributed by atoms with Crippen molar-refractivity contribution >= 4 is 53.1 Å². The highest BCUT2D eigenvalue weighted by molar-refractivity contribution is 6.00. The SMILES string of the molecule is CC(C)(C)OC(=O)N1CC2(CCN(C(=O)N(Cc3ccc(C(=O)CN)cc3F)c3ccccc3)CC2)C1.CC(C)(C)OC(=O)N1CC2(CCN(C(=O)N(Cc3ccc(C(=O)CNC(=O)C(F)F)cc3F)c3ccccc3)CC2)C1. The van der Waals surface area contributed by atoms with Crippen LogP contribution in [0.5, 0.6) is 0 Å². The Balaban J connectivity index is 0.000000230. The summed E-state index contributed by atoms with van der Waals surface area (Å²) < 4.78 is 65.7. The van der Waals surface area contributed by atoms with E-state index in [9.17, 15) is 46.7 Å². The molecule has 4 aromatic rings. The number of Topliss-reactive ketones (excluding diaryl/α,β-unsaturated/α-hetero) is 2. The number of ether oxygens (including phenoxy) is 2. The number of benzene rings is 4. The molecule has 0 aliphatic carbocycles. The number of hydrogen-bond acceptors (Lipinski definition) is 10. The summed E-state index contributed by atoms with van der Waals surface area (Å²) >= 11 is 0. The van der Waals surface area contributed by atoms with Crippen molar-refractivity contribution in [2.75, 3.05) is 75.2 Å². The lowest BCUT2D eigenvalue weighted by Crippen LogP contribution is -2.63. The number of amides is 7. The number of nitrogens with two attached hydrogens (primary N) is 1. The first kappa shape index (κ1) is 59.1. The minimum atomic E-state index is -3.26. The third kappa shape index (κ3) is 15.2. The zero-order chi connectivity index (χ0) is 57.5. The number of urea groups is 2. The van der Waals surface area contributed by atoms with Crippen LogP contribution in [0.4, 0.5) is 48.1 Å². The Hall–Kier alpha value is -7.55. The Morgan fingerprint density at radius 1 is 0.570 bits per heavy atom. The van der Waals surface area contributed by atoms with Crippen molar-refractivity contribution in [2.24, 2.45) is 16.6 Å². The molecule has 424 valence electrons. The van der Waals surface area contributed by atoms with E-state index in [2.05, 4.69) is 0 Å². The molecular formula is C58H70F4N8O9. The third-order valence-electron chi connectivity index (χ3n) is 14.4. The Kier molecular flexibility index (Phi) is 18.4. The maximum Gasteiger partial charge on any atom is 0.410 e. The van der Waals surface area contributed by atoms with Gasteiger partial charge in [0, 0.05) is 96.8 Å². The van der Waals surface area contributed by atoms with Crippen molar-refractivity contribution in [2.45, 2.75) is 97.9 Å². The summed E-state index contributed by atoms with van der Waals surface area (Å²) in [4.78, 5) is 97.2. The number of ketones is 2. The number of halogens is 4. The van der Waals surface area contributed by atoms with Gasteiger partial charge in [0.15, 0.2) is 11.6 Å². The van der Waals surface area contributed by atoms with Crippen molar-refractivity contribution in [3.05, 3.63) is 131 Å². The summed E-state index contributed by atoms with van der Waals surface area (Å²) in [5.74, 6) is -3.95. The number of para-hydroxylation sites is 2. The minimum Gasteiger partial charge on any atom is -0.444 e. The number of alkyl halides is 2. The Labute approximate surface area is 457 Å². The van der Waals surface area contributed by atoms with Crippen LogP contribution in [-0.4, -0.2) is 144 Å². The van der Waals surface area contributed by atoms with Crippen LogP contribution in [0.1, 0.15) is 99.1 Å². The molecule has 0 atom stereocenters. The minimum absolute atomic E-state index is 0.00271. The van der Waals surface area contributed by atoms with Gasteiger partial charge in [0.1, 0.15) is 22.8 Å². The van der Waals surface area contributed by atoms with E-state index in [1.807, 2.05) is 71.9 Å². The number of hydrogen-bond donors (Lipinski definition) is 2. The van der Waals surface area contributed by atoms with E-state index in [-0.39, 0.29) is 77.2 Å². The van der Waals surface area contributed by atoms with Crippen molar-refractivity contribution in [1.29, 1.82) is 0 Å². The molecule has 7 amide bonds. The molecule has 4 aromatic carbocycles. The molecule has 4 heterocycles. The van der Waals surface area contributed by atoms with Gasteiger partial charge in [-0.15, -0.1) is 0 Å². The predicted octanol–water partition coefficient (Wildman–Crippen LogP) is 9.28. The van der Waals surface area contributed by atoms with Gasteiger partial charge in [0.05, 0.1) is 26.2 Å². The monoisotopic (exact) mass is 1100 g/mol. The largest absolute Gasteiger partial charge is 0.444 e. The van der Waals surface area contributed by atoms with Crippen LogP contribution in [0.15, 0.2) is 97.1 Å². The molecule has 4 saturated heterocycles. The van der Waals surface area contributed by atoms with Crippen LogP contribution < -0.4 is 20.9 Å². The lowest BCUT2D eigenvalue weighted by atomic mass is 9.72. The van der Waals surface area contributed by atoms with Gasteiger partial charge in [-0.2, -0.15) is 8.78 Å². The van der Waals surface area contributed by atoms with E-state index in [0.717, 1.165) is 18.9 Å². The maximum atomic E-state index is 15.1. The number of nitrogens with one attached hydrogen (secondary N) is 1. The van der Waals surface area contributed by atoms with Crippen LogP contribution >= 0.6 is 0 Å². The number of carbonyl (C=O) groups excluding carboxylic acids is 7. The molecule has 0 aromatic heterocycles. The lowest BCUT2D eigenvalue weighted by Gasteiger charge is -2.53. The Morgan fingerprint density at radius 3 is 1.27 bits per heavy atom. The molecule has 79 heavy (non-hydrogen) atoms. The summed E-state index contributed by atoms with van der Waals surface area (Å²) in [5, 5.41) is 1.81. The highest BCUT2D eigenvalue weighted by Gasteiger charge is 2.50. The molecule has 0 unspecified atom stereocenters. The molecule has 0 saturated carbocycles. The van der Waals surface area contributed by atoms with E-state index < -0.39 is 47.5 Å². The van der Waals surface area contributed by atoms with Gasteiger partial charge >= 0.3 is 30.7 Å². The number of carbonyl (C=O) groups is 7. The normalized spacial score (nSPS) is 16.5. The van der Waals surface area contributed by atoms with Gasteiger partial charge in [-0.1, -0.05) is 60.7 Å². The Bertz CT molecular complexity index is 2850. The van der Waals surface area contributed by atoms with Gasteiger partial charge in [-0.3, -0.25) is 24.2 Å². The standard InChI is InChI=1S/C30H35F3N4O5.C28H35FN4O4/c1-29(2,3)42-28(41)36-18-30(19-36)11-13-35(14-12-30)27(40)37(22-7-5-4-6-8-22)17-21-10-9-20(15-23(21)31)24(38)16-34-26(39)25(32)33;1-27(2,3)37-26(36)32-18-28(19-32)11-13-31(14-12-28)25(35)33(22-7-5-4-6-8-22)17-21-10-9-20(15-23(21)29)24(34)16-30/h4-10,15,25H,11-14,16-19H2,1-3H3,(H,34,39);4-10,15H,11-14,16-19,30H2,1-3H3. The fourth-order valence-corrected chi connectivity index (χ4v) is 10.0. The summed E-state index contributed by atoms with van der Waals surface area (Å²) in [6.45, 7) is 14.5. The average Bonchev–Trinajstić information content (AvgIpc) is 3.44. The van der Waals surface area contributed by atoms with E-state index in [1.54, 1.807) is 66.2 Å². The van der Waals surface area contributed by atoms with Crippen LogP contribution in [0.25, 0.3) is 0 Å². The highest BCUT2D eigenvalue weighted by atomic mass is 19.3. The molecule has 17 nitrogen and oxygen atoms in total. The molecule has 0 radical (unpaired) electrons. The van der Waals surface area contributed by atoms with E-state index in [1.165, 1.54) is 29.2 Å². The summed E-state index contributed by atoms with van der Waals surface area (Å²) in [6, 6.07) is 25.4. The van der Waals surface area contributed by atoms with Gasteiger partial charge in [-0.05, 0) is 104 Å². The average molecular weight is 1100 g/mol. The van der Waals surface area contributed by atoms with Crippen molar-refractivity contribution in [3.63, 3.8) is 0 Å². The number of piperidine rings is 2. The fraction of sp³-hybridized carbons (Fsp3) is 0.466. The molecule has 3 N–H and O–H groups in total. The lowest BCUT2D eigenvalue weighted by molar-refractivity contribution is -0.131.